The van der Waals surface area contributed by atoms with Crippen LogP contribution in [0, 0.1) is 18.6 Å². The lowest BCUT2D eigenvalue weighted by molar-refractivity contribution is 0.103. The van der Waals surface area contributed by atoms with E-state index in [-0.39, 0.29) is 11.3 Å². The average Bonchev–Trinajstić information content (AvgIpc) is 2.41. The van der Waals surface area contributed by atoms with E-state index >= 15 is 0 Å². The van der Waals surface area contributed by atoms with Gasteiger partial charge in [0.25, 0.3) is 0 Å². The van der Waals surface area contributed by atoms with E-state index in [1.54, 1.807) is 25.1 Å². The minimum absolute atomic E-state index is 0.118. The normalized spacial score (nSPS) is 10.3. The molecule has 0 saturated carbocycles. The first-order chi connectivity index (χ1) is 9.02. The van der Waals surface area contributed by atoms with Gasteiger partial charge in [-0.25, -0.2) is 8.78 Å². The van der Waals surface area contributed by atoms with Crippen LogP contribution in [0.2, 0.25) is 0 Å². The summed E-state index contributed by atoms with van der Waals surface area (Å²) >= 11 is 0. The molecule has 0 aliphatic heterocycles. The Morgan fingerprint density at radius 3 is 2.37 bits per heavy atom. The minimum Gasteiger partial charge on any atom is -0.497 e. The molecule has 98 valence electrons. The molecule has 19 heavy (non-hydrogen) atoms. The summed E-state index contributed by atoms with van der Waals surface area (Å²) in [7, 11) is 1.53. The molecule has 0 spiro atoms. The zero-order valence-corrected chi connectivity index (χ0v) is 10.5. The largest absolute Gasteiger partial charge is 0.497 e. The fourth-order valence-electron chi connectivity index (χ4n) is 1.81. The van der Waals surface area contributed by atoms with Crippen LogP contribution < -0.4 is 4.74 Å². The first-order valence-corrected chi connectivity index (χ1v) is 5.67. The molecule has 0 unspecified atom stereocenters. The van der Waals surface area contributed by atoms with Crippen LogP contribution in [0.15, 0.2) is 36.4 Å². The van der Waals surface area contributed by atoms with Gasteiger partial charge in [0.05, 0.1) is 7.11 Å². The second kappa shape index (κ2) is 5.18. The number of ether oxygens (including phenoxy) is 1. The van der Waals surface area contributed by atoms with Crippen molar-refractivity contribution in [3.8, 4) is 5.75 Å². The van der Waals surface area contributed by atoms with E-state index in [2.05, 4.69) is 0 Å². The number of rotatable bonds is 3. The highest BCUT2D eigenvalue weighted by Crippen LogP contribution is 2.20. The van der Waals surface area contributed by atoms with Crippen molar-refractivity contribution in [3.63, 3.8) is 0 Å². The Bertz CT molecular complexity index is 636. The number of ketones is 1. The average molecular weight is 262 g/mol. The lowest BCUT2D eigenvalue weighted by Gasteiger charge is -2.07. The fraction of sp³-hybridized carbons (Fsp3) is 0.133. The van der Waals surface area contributed by atoms with Crippen LogP contribution >= 0.6 is 0 Å². The monoisotopic (exact) mass is 262 g/mol. The molecule has 0 amide bonds. The maximum absolute atomic E-state index is 13.1. The SMILES string of the molecule is COc1ccc(C(=O)c2ccc(F)c(F)c2)c(C)c1. The van der Waals surface area contributed by atoms with Gasteiger partial charge in [0.15, 0.2) is 17.4 Å². The summed E-state index contributed by atoms with van der Waals surface area (Å²) in [5.74, 6) is -1.71. The van der Waals surface area contributed by atoms with Crippen molar-refractivity contribution in [2.45, 2.75) is 6.92 Å². The highest BCUT2D eigenvalue weighted by atomic mass is 19.2. The Morgan fingerprint density at radius 1 is 1.05 bits per heavy atom. The molecule has 0 aliphatic carbocycles. The minimum atomic E-state index is -1.03. The molecule has 0 heterocycles. The molecule has 0 fully saturated rings. The van der Waals surface area contributed by atoms with Crippen molar-refractivity contribution in [2.24, 2.45) is 0 Å². The lowest BCUT2D eigenvalue weighted by atomic mass is 9.99. The van der Waals surface area contributed by atoms with Crippen molar-refractivity contribution in [1.29, 1.82) is 0 Å². The number of hydrogen-bond acceptors (Lipinski definition) is 2. The molecule has 2 nitrogen and oxygen atoms in total. The molecule has 2 rings (SSSR count). The second-order valence-electron chi connectivity index (χ2n) is 4.14. The fourth-order valence-corrected chi connectivity index (χ4v) is 1.81. The van der Waals surface area contributed by atoms with Crippen molar-refractivity contribution < 1.29 is 18.3 Å². The van der Waals surface area contributed by atoms with E-state index in [9.17, 15) is 13.6 Å². The Labute approximate surface area is 109 Å². The van der Waals surface area contributed by atoms with Gasteiger partial charge in [-0.1, -0.05) is 0 Å². The van der Waals surface area contributed by atoms with E-state index in [4.69, 9.17) is 4.74 Å². The van der Waals surface area contributed by atoms with Gasteiger partial charge in [-0.2, -0.15) is 0 Å². The molecule has 0 bridgehead atoms. The van der Waals surface area contributed by atoms with Crippen LogP contribution in [0.4, 0.5) is 8.78 Å². The predicted molar refractivity (Wildman–Crippen MR) is 67.5 cm³/mol. The standard InChI is InChI=1S/C15H12F2O2/c1-9-7-11(19-2)4-5-12(9)15(18)10-3-6-13(16)14(17)8-10/h3-8H,1-2H3. The quantitative estimate of drug-likeness (QED) is 0.791. The van der Waals surface area contributed by atoms with Crippen LogP contribution in [0.25, 0.3) is 0 Å². The number of hydrogen-bond donors (Lipinski definition) is 0. The van der Waals surface area contributed by atoms with Gasteiger partial charge < -0.3 is 4.74 Å². The third-order valence-electron chi connectivity index (χ3n) is 2.86. The summed E-state index contributed by atoms with van der Waals surface area (Å²) in [6, 6.07) is 8.10. The Morgan fingerprint density at radius 2 is 1.79 bits per heavy atom. The number of methoxy groups -OCH3 is 1. The third kappa shape index (κ3) is 2.62. The molecule has 0 N–H and O–H groups in total. The summed E-state index contributed by atoms with van der Waals surface area (Å²) in [6.07, 6.45) is 0. The van der Waals surface area contributed by atoms with Crippen LogP contribution in [0.5, 0.6) is 5.75 Å². The van der Waals surface area contributed by atoms with E-state index in [0.29, 0.717) is 16.9 Å². The molecular formula is C15H12F2O2. The molecular weight excluding hydrogens is 250 g/mol. The molecule has 0 aliphatic rings. The second-order valence-corrected chi connectivity index (χ2v) is 4.14. The molecule has 0 aromatic heterocycles. The van der Waals surface area contributed by atoms with Gasteiger partial charge in [0.2, 0.25) is 0 Å². The smallest absolute Gasteiger partial charge is 0.193 e. The molecule has 2 aromatic rings. The Kier molecular flexibility index (Phi) is 3.60. The molecule has 0 radical (unpaired) electrons. The van der Waals surface area contributed by atoms with Gasteiger partial charge in [0.1, 0.15) is 5.75 Å². The van der Waals surface area contributed by atoms with Gasteiger partial charge >= 0.3 is 0 Å². The third-order valence-corrected chi connectivity index (χ3v) is 2.86. The Hall–Kier alpha value is -2.23. The molecule has 2 aromatic carbocycles. The highest BCUT2D eigenvalue weighted by molar-refractivity contribution is 6.09. The van der Waals surface area contributed by atoms with Crippen LogP contribution in [0.1, 0.15) is 21.5 Å². The number of halogens is 2. The van der Waals surface area contributed by atoms with E-state index in [1.807, 2.05) is 0 Å². The summed E-state index contributed by atoms with van der Waals surface area (Å²) in [5.41, 5.74) is 1.27. The zero-order chi connectivity index (χ0) is 14.0. The van der Waals surface area contributed by atoms with Crippen molar-refractivity contribution in [1.82, 2.24) is 0 Å². The summed E-state index contributed by atoms with van der Waals surface area (Å²) in [4.78, 5) is 12.2. The van der Waals surface area contributed by atoms with Crippen LogP contribution in [-0.2, 0) is 0 Å². The Balaban J connectivity index is 2.41. The maximum Gasteiger partial charge on any atom is 0.193 e. The maximum atomic E-state index is 13.1. The first-order valence-electron chi connectivity index (χ1n) is 5.67. The topological polar surface area (TPSA) is 26.3 Å². The van der Waals surface area contributed by atoms with Crippen LogP contribution in [-0.4, -0.2) is 12.9 Å². The number of aryl methyl sites for hydroxylation is 1. The van der Waals surface area contributed by atoms with E-state index in [0.717, 1.165) is 12.1 Å². The van der Waals surface area contributed by atoms with Crippen molar-refractivity contribution in [2.75, 3.05) is 7.11 Å². The van der Waals surface area contributed by atoms with Crippen molar-refractivity contribution >= 4 is 5.78 Å². The van der Waals surface area contributed by atoms with Gasteiger partial charge in [-0.05, 0) is 48.9 Å². The summed E-state index contributed by atoms with van der Waals surface area (Å²) < 4.78 is 31.0. The highest BCUT2D eigenvalue weighted by Gasteiger charge is 2.14. The lowest BCUT2D eigenvalue weighted by Crippen LogP contribution is -2.05. The van der Waals surface area contributed by atoms with E-state index in [1.165, 1.54) is 13.2 Å². The summed E-state index contributed by atoms with van der Waals surface area (Å²) in [6.45, 7) is 1.76. The van der Waals surface area contributed by atoms with Crippen molar-refractivity contribution in [3.05, 3.63) is 64.7 Å². The van der Waals surface area contributed by atoms with Gasteiger partial charge in [-0.3, -0.25) is 4.79 Å². The number of carbonyl (C=O) groups is 1. The predicted octanol–water partition coefficient (Wildman–Crippen LogP) is 3.51. The van der Waals surface area contributed by atoms with Crippen LogP contribution in [0.3, 0.4) is 0 Å². The summed E-state index contributed by atoms with van der Waals surface area (Å²) in [5, 5.41) is 0. The first kappa shape index (κ1) is 13.2. The van der Waals surface area contributed by atoms with Gasteiger partial charge in [-0.15, -0.1) is 0 Å². The molecule has 0 saturated heterocycles. The number of carbonyl (C=O) groups excluding carboxylic acids is 1. The number of benzene rings is 2. The zero-order valence-electron chi connectivity index (χ0n) is 10.5. The van der Waals surface area contributed by atoms with E-state index < -0.39 is 11.6 Å². The van der Waals surface area contributed by atoms with Gasteiger partial charge in [0, 0.05) is 11.1 Å². The molecule has 4 heteroatoms. The molecule has 0 atom stereocenters.